The Morgan fingerprint density at radius 1 is 1.69 bits per heavy atom. The van der Waals surface area contributed by atoms with E-state index in [-0.39, 0.29) is 12.6 Å². The molecule has 5 heteroatoms. The van der Waals surface area contributed by atoms with E-state index in [0.29, 0.717) is 11.6 Å². The highest BCUT2D eigenvalue weighted by atomic mass is 35.5. The fourth-order valence-electron chi connectivity index (χ4n) is 1.29. The molecule has 0 aromatic rings. The minimum Gasteiger partial charge on any atom is -0.395 e. The molecule has 1 fully saturated rings. The van der Waals surface area contributed by atoms with Crippen LogP contribution in [0.1, 0.15) is 0 Å². The molecule has 0 saturated carbocycles. The molecule has 0 amide bonds. The topological polar surface area (TPSA) is 23.5 Å². The fourth-order valence-corrected chi connectivity index (χ4v) is 2.64. The molecule has 1 heterocycles. The molecule has 0 aromatic carbocycles. The maximum atomic E-state index is 9.10. The molecule has 2 nitrogen and oxygen atoms in total. The van der Waals surface area contributed by atoms with E-state index in [2.05, 4.69) is 4.90 Å². The van der Waals surface area contributed by atoms with Crippen LogP contribution in [-0.2, 0) is 0 Å². The van der Waals surface area contributed by atoms with Crippen molar-refractivity contribution in [3.8, 4) is 0 Å². The predicted molar refractivity (Wildman–Crippen MR) is 59.6 cm³/mol. The van der Waals surface area contributed by atoms with Gasteiger partial charge in [-0.05, 0) is 0 Å². The highest BCUT2D eigenvalue weighted by Crippen LogP contribution is 2.18. The van der Waals surface area contributed by atoms with Gasteiger partial charge in [-0.2, -0.15) is 11.8 Å². The summed E-state index contributed by atoms with van der Waals surface area (Å²) in [5.74, 6) is 2.08. The van der Waals surface area contributed by atoms with E-state index in [1.807, 2.05) is 11.8 Å². The van der Waals surface area contributed by atoms with Crippen LogP contribution >= 0.6 is 35.0 Å². The molecule has 13 heavy (non-hydrogen) atoms. The number of rotatable bonds is 3. The van der Waals surface area contributed by atoms with Crippen LogP contribution < -0.4 is 0 Å². The summed E-state index contributed by atoms with van der Waals surface area (Å²) in [5.41, 5.74) is 1.39. The first-order chi connectivity index (χ1) is 6.27. The van der Waals surface area contributed by atoms with Crippen LogP contribution in [0.3, 0.4) is 0 Å². The van der Waals surface area contributed by atoms with Crippen molar-refractivity contribution in [2.75, 3.05) is 31.2 Å². The Bertz CT molecular complexity index is 189. The van der Waals surface area contributed by atoms with Gasteiger partial charge in [0.1, 0.15) is 0 Å². The van der Waals surface area contributed by atoms with Crippen molar-refractivity contribution in [1.82, 2.24) is 4.90 Å². The summed E-state index contributed by atoms with van der Waals surface area (Å²) in [7, 11) is 0. The molecule has 0 bridgehead atoms. The van der Waals surface area contributed by atoms with E-state index < -0.39 is 0 Å². The van der Waals surface area contributed by atoms with Gasteiger partial charge in [-0.15, -0.1) is 0 Å². The molecule has 1 rings (SSSR count). The Hall–Kier alpha value is 0.590. The van der Waals surface area contributed by atoms with Crippen molar-refractivity contribution >= 4 is 35.0 Å². The van der Waals surface area contributed by atoms with Crippen LogP contribution in [-0.4, -0.2) is 47.3 Å². The molecule has 0 aliphatic carbocycles. The Kier molecular flexibility index (Phi) is 5.51. The van der Waals surface area contributed by atoms with Crippen LogP contribution in [0.2, 0.25) is 0 Å². The van der Waals surface area contributed by atoms with Gasteiger partial charge >= 0.3 is 0 Å². The molecule has 1 unspecified atom stereocenters. The molecule has 1 N–H and O–H groups in total. The number of nitrogens with zero attached hydrogens (tertiary/aromatic N) is 1. The van der Waals surface area contributed by atoms with Gasteiger partial charge in [0.2, 0.25) is 0 Å². The van der Waals surface area contributed by atoms with Crippen molar-refractivity contribution < 1.29 is 5.11 Å². The van der Waals surface area contributed by atoms with Gasteiger partial charge in [0.05, 0.1) is 6.61 Å². The average Bonchev–Trinajstić information content (AvgIpc) is 2.18. The van der Waals surface area contributed by atoms with Gasteiger partial charge in [-0.3, -0.25) is 4.90 Å². The Morgan fingerprint density at radius 3 is 3.08 bits per heavy atom. The van der Waals surface area contributed by atoms with Crippen LogP contribution in [0, 0.1) is 0 Å². The molecule has 0 radical (unpaired) electrons. The van der Waals surface area contributed by atoms with E-state index in [4.69, 9.17) is 28.3 Å². The third-order valence-electron chi connectivity index (χ3n) is 2.03. The molecule has 0 spiro atoms. The van der Waals surface area contributed by atoms with Crippen molar-refractivity contribution in [3.63, 3.8) is 0 Å². The maximum absolute atomic E-state index is 9.10. The number of thioether (sulfide) groups is 1. The van der Waals surface area contributed by atoms with E-state index in [0.717, 1.165) is 18.1 Å². The van der Waals surface area contributed by atoms with E-state index in [1.54, 1.807) is 0 Å². The fraction of sp³-hybridized carbons (Fsp3) is 0.750. The van der Waals surface area contributed by atoms with Crippen LogP contribution in [0.15, 0.2) is 10.6 Å². The van der Waals surface area contributed by atoms with Crippen molar-refractivity contribution in [1.29, 1.82) is 0 Å². The first-order valence-corrected chi connectivity index (χ1v) is 6.12. The molecular formula is C8H13Cl2NOS. The second-order valence-corrected chi connectivity index (χ2v) is 4.79. The molecule has 1 atom stereocenters. The van der Waals surface area contributed by atoms with Gasteiger partial charge in [0.25, 0.3) is 0 Å². The number of aliphatic hydroxyl groups is 1. The summed E-state index contributed by atoms with van der Waals surface area (Å²) in [6, 6.07) is 0.226. The highest BCUT2D eigenvalue weighted by Gasteiger charge is 2.21. The Morgan fingerprint density at radius 2 is 2.46 bits per heavy atom. The van der Waals surface area contributed by atoms with Crippen molar-refractivity contribution in [3.05, 3.63) is 10.6 Å². The summed E-state index contributed by atoms with van der Waals surface area (Å²) < 4.78 is 0. The molecule has 76 valence electrons. The van der Waals surface area contributed by atoms with E-state index in [1.165, 1.54) is 5.54 Å². The molecular weight excluding hydrogens is 229 g/mol. The molecule has 1 saturated heterocycles. The summed E-state index contributed by atoms with van der Waals surface area (Å²) in [5, 5.41) is 9.73. The SMILES string of the molecule is OCC1CSCCN1C/C(Cl)=C/Cl. The first kappa shape index (κ1) is 11.7. The molecule has 1 aliphatic rings. The summed E-state index contributed by atoms with van der Waals surface area (Å²) >= 11 is 13.2. The lowest BCUT2D eigenvalue weighted by Gasteiger charge is -2.33. The third kappa shape index (κ3) is 3.68. The second-order valence-electron chi connectivity index (χ2n) is 2.94. The number of hydrogen-bond donors (Lipinski definition) is 1. The molecule has 0 aromatic heterocycles. The quantitative estimate of drug-likeness (QED) is 0.815. The zero-order valence-corrected chi connectivity index (χ0v) is 9.58. The Labute approximate surface area is 92.9 Å². The maximum Gasteiger partial charge on any atom is 0.0595 e. The second kappa shape index (κ2) is 6.14. The van der Waals surface area contributed by atoms with Gasteiger partial charge in [0, 0.05) is 41.2 Å². The number of halogens is 2. The average molecular weight is 242 g/mol. The lowest BCUT2D eigenvalue weighted by atomic mass is 10.3. The lowest BCUT2D eigenvalue weighted by molar-refractivity contribution is 0.150. The van der Waals surface area contributed by atoms with Gasteiger partial charge in [0.15, 0.2) is 0 Å². The Balaban J connectivity index is 2.45. The van der Waals surface area contributed by atoms with E-state index in [9.17, 15) is 0 Å². The first-order valence-electron chi connectivity index (χ1n) is 4.15. The minimum absolute atomic E-state index is 0.194. The zero-order chi connectivity index (χ0) is 9.68. The number of hydrogen-bond acceptors (Lipinski definition) is 3. The summed E-state index contributed by atoms with van der Waals surface area (Å²) in [6.07, 6.45) is 0. The molecule has 1 aliphatic heterocycles. The van der Waals surface area contributed by atoms with Gasteiger partial charge < -0.3 is 5.11 Å². The van der Waals surface area contributed by atoms with Crippen molar-refractivity contribution in [2.24, 2.45) is 0 Å². The minimum atomic E-state index is 0.194. The van der Waals surface area contributed by atoms with Crippen molar-refractivity contribution in [2.45, 2.75) is 6.04 Å². The summed E-state index contributed by atoms with van der Waals surface area (Å²) in [4.78, 5) is 2.16. The van der Waals surface area contributed by atoms with Gasteiger partial charge in [-0.1, -0.05) is 23.2 Å². The predicted octanol–water partition coefficient (Wildman–Crippen LogP) is 1.72. The number of aliphatic hydroxyl groups excluding tert-OH is 1. The smallest absolute Gasteiger partial charge is 0.0595 e. The standard InChI is InChI=1S/C8H13Cl2NOS/c9-3-7(10)4-11-1-2-13-6-8(11)5-12/h3,8,12H,1-2,4-6H2/b7-3-. The van der Waals surface area contributed by atoms with Crippen LogP contribution in [0.5, 0.6) is 0 Å². The van der Waals surface area contributed by atoms with E-state index >= 15 is 0 Å². The summed E-state index contributed by atoms with van der Waals surface area (Å²) in [6.45, 7) is 1.81. The monoisotopic (exact) mass is 241 g/mol. The van der Waals surface area contributed by atoms with Crippen LogP contribution in [0.25, 0.3) is 0 Å². The zero-order valence-electron chi connectivity index (χ0n) is 7.25. The third-order valence-corrected chi connectivity index (χ3v) is 3.73. The normalized spacial score (nSPS) is 26.4. The van der Waals surface area contributed by atoms with Crippen LogP contribution in [0.4, 0.5) is 0 Å². The van der Waals surface area contributed by atoms with Gasteiger partial charge in [-0.25, -0.2) is 0 Å². The lowest BCUT2D eigenvalue weighted by Crippen LogP contribution is -2.45. The largest absolute Gasteiger partial charge is 0.395 e. The highest BCUT2D eigenvalue weighted by molar-refractivity contribution is 7.99.